The summed E-state index contributed by atoms with van der Waals surface area (Å²) in [6.45, 7) is 9.39. The zero-order valence-corrected chi connectivity index (χ0v) is 10.9. The molecule has 0 aliphatic heterocycles. The summed E-state index contributed by atoms with van der Waals surface area (Å²) in [4.78, 5) is 0. The minimum atomic E-state index is 0.722. The standard InChI is InChI=1S/C15H22O2/c1-4-7-13-8-9-14(16-10-5-2)15(12-13)17-11-6-3/h4,8-9,12H,1,5-7,10-11H2,2-3H3. The number of rotatable bonds is 8. The van der Waals surface area contributed by atoms with E-state index in [2.05, 4.69) is 26.5 Å². The van der Waals surface area contributed by atoms with Gasteiger partial charge in [0.05, 0.1) is 13.2 Å². The first-order valence-corrected chi connectivity index (χ1v) is 6.31. The van der Waals surface area contributed by atoms with E-state index in [0.717, 1.165) is 44.0 Å². The van der Waals surface area contributed by atoms with Gasteiger partial charge in [-0.15, -0.1) is 6.58 Å². The van der Waals surface area contributed by atoms with Crippen molar-refractivity contribution in [1.29, 1.82) is 0 Å². The van der Waals surface area contributed by atoms with Crippen molar-refractivity contribution in [3.8, 4) is 11.5 Å². The van der Waals surface area contributed by atoms with Crippen LogP contribution in [0.15, 0.2) is 30.9 Å². The van der Waals surface area contributed by atoms with Gasteiger partial charge in [-0.05, 0) is 37.0 Å². The Kier molecular flexibility index (Phi) is 6.23. The van der Waals surface area contributed by atoms with E-state index in [4.69, 9.17) is 9.47 Å². The lowest BCUT2D eigenvalue weighted by atomic mass is 10.1. The third-order valence-corrected chi connectivity index (χ3v) is 2.31. The van der Waals surface area contributed by atoms with Crippen LogP contribution in [0, 0.1) is 0 Å². The summed E-state index contributed by atoms with van der Waals surface area (Å²) < 4.78 is 11.4. The molecule has 0 unspecified atom stereocenters. The first-order valence-electron chi connectivity index (χ1n) is 6.31. The summed E-state index contributed by atoms with van der Waals surface area (Å²) >= 11 is 0. The van der Waals surface area contributed by atoms with Gasteiger partial charge >= 0.3 is 0 Å². The monoisotopic (exact) mass is 234 g/mol. The second kappa shape index (κ2) is 7.77. The Hall–Kier alpha value is -1.44. The predicted octanol–water partition coefficient (Wildman–Crippen LogP) is 3.99. The highest BCUT2D eigenvalue weighted by atomic mass is 16.5. The molecular weight excluding hydrogens is 212 g/mol. The first kappa shape index (κ1) is 13.6. The van der Waals surface area contributed by atoms with Crippen LogP contribution in [0.2, 0.25) is 0 Å². The third kappa shape index (κ3) is 4.51. The molecule has 0 spiro atoms. The van der Waals surface area contributed by atoms with Crippen LogP contribution in [-0.2, 0) is 6.42 Å². The van der Waals surface area contributed by atoms with Gasteiger partial charge in [0, 0.05) is 0 Å². The average Bonchev–Trinajstić information content (AvgIpc) is 2.35. The van der Waals surface area contributed by atoms with Crippen LogP contribution < -0.4 is 9.47 Å². The Balaban J connectivity index is 2.81. The van der Waals surface area contributed by atoms with E-state index in [0.29, 0.717) is 0 Å². The lowest BCUT2D eigenvalue weighted by Gasteiger charge is -2.13. The maximum Gasteiger partial charge on any atom is 0.161 e. The van der Waals surface area contributed by atoms with Crippen molar-refractivity contribution in [2.75, 3.05) is 13.2 Å². The highest BCUT2D eigenvalue weighted by Crippen LogP contribution is 2.29. The predicted molar refractivity (Wildman–Crippen MR) is 71.9 cm³/mol. The number of benzene rings is 1. The fourth-order valence-corrected chi connectivity index (χ4v) is 1.50. The summed E-state index contributed by atoms with van der Waals surface area (Å²) in [7, 11) is 0. The first-order chi connectivity index (χ1) is 8.31. The Labute approximate surface area is 104 Å². The molecule has 0 heterocycles. The SMILES string of the molecule is C=CCc1ccc(OCCC)c(OCCC)c1. The van der Waals surface area contributed by atoms with Gasteiger partial charge in [-0.25, -0.2) is 0 Å². The van der Waals surface area contributed by atoms with Crippen LogP contribution in [0.1, 0.15) is 32.3 Å². The van der Waals surface area contributed by atoms with Gasteiger partial charge < -0.3 is 9.47 Å². The fourth-order valence-electron chi connectivity index (χ4n) is 1.50. The summed E-state index contributed by atoms with van der Waals surface area (Å²) in [6, 6.07) is 6.09. The highest BCUT2D eigenvalue weighted by molar-refractivity contribution is 5.43. The molecule has 0 N–H and O–H groups in total. The van der Waals surface area contributed by atoms with Gasteiger partial charge in [0.2, 0.25) is 0 Å². The molecule has 0 aliphatic carbocycles. The smallest absolute Gasteiger partial charge is 0.161 e. The van der Waals surface area contributed by atoms with Crippen LogP contribution in [0.5, 0.6) is 11.5 Å². The Morgan fingerprint density at radius 2 is 1.71 bits per heavy atom. The molecule has 0 bridgehead atoms. The minimum absolute atomic E-state index is 0.722. The van der Waals surface area contributed by atoms with Gasteiger partial charge in [0.25, 0.3) is 0 Å². The van der Waals surface area contributed by atoms with E-state index in [1.54, 1.807) is 0 Å². The molecule has 0 saturated heterocycles. The zero-order chi connectivity index (χ0) is 12.5. The molecule has 0 aliphatic rings. The maximum atomic E-state index is 5.71. The molecule has 0 atom stereocenters. The molecule has 0 amide bonds. The molecule has 1 aromatic carbocycles. The minimum Gasteiger partial charge on any atom is -0.490 e. The second-order valence-corrected chi connectivity index (χ2v) is 3.97. The molecule has 2 nitrogen and oxygen atoms in total. The molecule has 1 rings (SSSR count). The quantitative estimate of drug-likeness (QED) is 0.633. The van der Waals surface area contributed by atoms with Crippen molar-refractivity contribution in [3.05, 3.63) is 36.4 Å². The van der Waals surface area contributed by atoms with Gasteiger partial charge in [0.1, 0.15) is 0 Å². The Bertz CT molecular complexity index is 345. The lowest BCUT2D eigenvalue weighted by Crippen LogP contribution is -2.01. The molecule has 17 heavy (non-hydrogen) atoms. The molecule has 0 radical (unpaired) electrons. The van der Waals surface area contributed by atoms with Crippen LogP contribution in [-0.4, -0.2) is 13.2 Å². The molecule has 0 saturated carbocycles. The fraction of sp³-hybridized carbons (Fsp3) is 0.467. The normalized spacial score (nSPS) is 10.0. The number of ether oxygens (including phenoxy) is 2. The van der Waals surface area contributed by atoms with Crippen molar-refractivity contribution in [2.24, 2.45) is 0 Å². The van der Waals surface area contributed by atoms with E-state index in [1.165, 1.54) is 5.56 Å². The maximum absolute atomic E-state index is 5.71. The topological polar surface area (TPSA) is 18.5 Å². The number of hydrogen-bond acceptors (Lipinski definition) is 2. The summed E-state index contributed by atoms with van der Waals surface area (Å²) in [6.07, 6.45) is 4.75. The zero-order valence-electron chi connectivity index (χ0n) is 10.9. The second-order valence-electron chi connectivity index (χ2n) is 3.97. The molecule has 2 heteroatoms. The van der Waals surface area contributed by atoms with Crippen LogP contribution in [0.4, 0.5) is 0 Å². The third-order valence-electron chi connectivity index (χ3n) is 2.31. The van der Waals surface area contributed by atoms with E-state index < -0.39 is 0 Å². The summed E-state index contributed by atoms with van der Waals surface area (Å²) in [5.41, 5.74) is 1.20. The van der Waals surface area contributed by atoms with Gasteiger partial charge in [0.15, 0.2) is 11.5 Å². The number of allylic oxidation sites excluding steroid dienone is 1. The Morgan fingerprint density at radius 1 is 1.06 bits per heavy atom. The largest absolute Gasteiger partial charge is 0.490 e. The van der Waals surface area contributed by atoms with Crippen LogP contribution in [0.3, 0.4) is 0 Å². The van der Waals surface area contributed by atoms with E-state index in [1.807, 2.05) is 18.2 Å². The molecular formula is C15H22O2. The van der Waals surface area contributed by atoms with Crippen molar-refractivity contribution in [2.45, 2.75) is 33.1 Å². The highest BCUT2D eigenvalue weighted by Gasteiger charge is 2.05. The van der Waals surface area contributed by atoms with Crippen LogP contribution >= 0.6 is 0 Å². The average molecular weight is 234 g/mol. The molecule has 0 aromatic heterocycles. The van der Waals surface area contributed by atoms with E-state index in [9.17, 15) is 0 Å². The number of hydrogen-bond donors (Lipinski definition) is 0. The van der Waals surface area contributed by atoms with Gasteiger partial charge in [-0.2, -0.15) is 0 Å². The van der Waals surface area contributed by atoms with E-state index >= 15 is 0 Å². The van der Waals surface area contributed by atoms with Crippen molar-refractivity contribution in [3.63, 3.8) is 0 Å². The summed E-state index contributed by atoms with van der Waals surface area (Å²) in [5.74, 6) is 1.69. The molecule has 1 aromatic rings. The van der Waals surface area contributed by atoms with Crippen molar-refractivity contribution < 1.29 is 9.47 Å². The molecule has 0 fully saturated rings. The Morgan fingerprint density at radius 3 is 2.29 bits per heavy atom. The lowest BCUT2D eigenvalue weighted by molar-refractivity contribution is 0.268. The van der Waals surface area contributed by atoms with Crippen molar-refractivity contribution in [1.82, 2.24) is 0 Å². The van der Waals surface area contributed by atoms with Crippen LogP contribution in [0.25, 0.3) is 0 Å². The van der Waals surface area contributed by atoms with E-state index in [-0.39, 0.29) is 0 Å². The van der Waals surface area contributed by atoms with Gasteiger partial charge in [-0.1, -0.05) is 26.0 Å². The van der Waals surface area contributed by atoms with Gasteiger partial charge in [-0.3, -0.25) is 0 Å². The molecule has 94 valence electrons. The van der Waals surface area contributed by atoms with Crippen molar-refractivity contribution >= 4 is 0 Å². The summed E-state index contributed by atoms with van der Waals surface area (Å²) in [5, 5.41) is 0.